The number of ether oxygens (including phenoxy) is 4. The van der Waals surface area contributed by atoms with Crippen molar-refractivity contribution in [2.24, 2.45) is 11.8 Å². The molecule has 0 saturated heterocycles. The number of aliphatic hydroxyl groups is 1. The lowest BCUT2D eigenvalue weighted by Gasteiger charge is -2.21. The molecule has 0 heterocycles. The summed E-state index contributed by atoms with van der Waals surface area (Å²) in [6, 6.07) is 0. The van der Waals surface area contributed by atoms with Crippen LogP contribution in [0.2, 0.25) is 0 Å². The van der Waals surface area contributed by atoms with Crippen molar-refractivity contribution in [3.63, 3.8) is 0 Å². The molecule has 0 aliphatic heterocycles. The fraction of sp³-hybridized carbons (Fsp3) is 0.942. The third-order valence-corrected chi connectivity index (χ3v) is 17.9. The van der Waals surface area contributed by atoms with Crippen LogP contribution in [0.5, 0.6) is 0 Å². The van der Waals surface area contributed by atoms with Crippen molar-refractivity contribution >= 4 is 39.5 Å². The van der Waals surface area contributed by atoms with Gasteiger partial charge >= 0.3 is 39.5 Å². The number of unbranched alkanes of at least 4 members (excludes halogenated alkanes) is 38. The van der Waals surface area contributed by atoms with Crippen LogP contribution in [0, 0.1) is 11.8 Å². The normalized spacial score (nSPS) is 14.2. The van der Waals surface area contributed by atoms with Gasteiger partial charge in [0.25, 0.3) is 0 Å². The molecule has 5 atom stereocenters. The summed E-state index contributed by atoms with van der Waals surface area (Å²) in [4.78, 5) is 72.4. The molecule has 2 unspecified atom stereocenters. The highest BCUT2D eigenvalue weighted by molar-refractivity contribution is 7.47. The number of rotatable bonds is 68. The van der Waals surface area contributed by atoms with Crippen LogP contribution in [0.4, 0.5) is 0 Å². The fourth-order valence-electron chi connectivity index (χ4n) is 10.4. The molecule has 0 rings (SSSR count). The number of carbonyl (C=O) groups excluding carboxylic acids is 4. The smallest absolute Gasteiger partial charge is 0.462 e. The molecule has 0 amide bonds. The lowest BCUT2D eigenvalue weighted by Crippen LogP contribution is -2.30. The Morgan fingerprint density at radius 1 is 0.307 bits per heavy atom. The van der Waals surface area contributed by atoms with Gasteiger partial charge < -0.3 is 33.8 Å². The third-order valence-electron chi connectivity index (χ3n) is 16.0. The van der Waals surface area contributed by atoms with Crippen molar-refractivity contribution in [3.05, 3.63) is 0 Å². The van der Waals surface area contributed by atoms with Crippen LogP contribution in [0.1, 0.15) is 350 Å². The molecule has 0 bridgehead atoms. The van der Waals surface area contributed by atoms with Gasteiger partial charge in [0, 0.05) is 25.7 Å². The summed E-state index contributed by atoms with van der Waals surface area (Å²) < 4.78 is 68.2. The molecule has 0 radical (unpaired) electrons. The summed E-state index contributed by atoms with van der Waals surface area (Å²) in [6.45, 7) is 9.45. The van der Waals surface area contributed by atoms with Crippen molar-refractivity contribution in [3.8, 4) is 0 Å². The third kappa shape index (κ3) is 62.8. The van der Waals surface area contributed by atoms with E-state index in [0.29, 0.717) is 31.6 Å². The highest BCUT2D eigenvalue weighted by Gasteiger charge is 2.30. The molecule has 522 valence electrons. The number of esters is 4. The minimum Gasteiger partial charge on any atom is -0.462 e. The second-order valence-corrected chi connectivity index (χ2v) is 28.8. The Morgan fingerprint density at radius 3 is 0.773 bits per heavy atom. The van der Waals surface area contributed by atoms with Gasteiger partial charge in [0.2, 0.25) is 0 Å². The quantitative estimate of drug-likeness (QED) is 0.0222. The second-order valence-electron chi connectivity index (χ2n) is 25.9. The average molecular weight is 1300 g/mol. The Morgan fingerprint density at radius 2 is 0.523 bits per heavy atom. The van der Waals surface area contributed by atoms with Gasteiger partial charge in [-0.15, -0.1) is 0 Å². The fourth-order valence-corrected chi connectivity index (χ4v) is 12.0. The summed E-state index contributed by atoms with van der Waals surface area (Å²) in [5, 5.41) is 10.6. The molecule has 88 heavy (non-hydrogen) atoms. The summed E-state index contributed by atoms with van der Waals surface area (Å²) in [6.07, 6.45) is 45.9. The van der Waals surface area contributed by atoms with Crippen LogP contribution in [-0.2, 0) is 65.4 Å². The zero-order chi connectivity index (χ0) is 65.0. The first-order chi connectivity index (χ1) is 42.4. The molecule has 0 aliphatic rings. The van der Waals surface area contributed by atoms with Crippen molar-refractivity contribution in [2.75, 3.05) is 39.6 Å². The molecule has 0 aromatic heterocycles. The lowest BCUT2D eigenvalue weighted by molar-refractivity contribution is -0.161. The van der Waals surface area contributed by atoms with Gasteiger partial charge in [-0.1, -0.05) is 298 Å². The molecule has 17 nitrogen and oxygen atoms in total. The Kier molecular flexibility index (Phi) is 59.9. The van der Waals surface area contributed by atoms with Crippen molar-refractivity contribution in [1.82, 2.24) is 0 Å². The Hall–Kier alpha value is -1.94. The average Bonchev–Trinajstić information content (AvgIpc) is 3.50. The van der Waals surface area contributed by atoms with Crippen molar-refractivity contribution < 1.29 is 80.2 Å². The van der Waals surface area contributed by atoms with Gasteiger partial charge in [-0.25, -0.2) is 9.13 Å². The molecular weight excluding hydrogens is 1160 g/mol. The van der Waals surface area contributed by atoms with E-state index in [2.05, 4.69) is 41.5 Å². The van der Waals surface area contributed by atoms with Gasteiger partial charge in [0.15, 0.2) is 12.2 Å². The maximum Gasteiger partial charge on any atom is 0.472 e. The Bertz CT molecular complexity index is 1720. The molecule has 0 spiro atoms. The predicted octanol–water partition coefficient (Wildman–Crippen LogP) is 19.6. The van der Waals surface area contributed by atoms with Crippen LogP contribution in [-0.4, -0.2) is 96.7 Å². The van der Waals surface area contributed by atoms with E-state index >= 15 is 0 Å². The number of phosphoric ester groups is 2. The second kappa shape index (κ2) is 61.3. The number of hydrogen-bond acceptors (Lipinski definition) is 15. The minimum absolute atomic E-state index is 0.102. The minimum atomic E-state index is -4.95. The highest BCUT2D eigenvalue weighted by Crippen LogP contribution is 2.45. The maximum atomic E-state index is 13.0. The standard InChI is InChI=1S/C69H134O17P2/c1-7-9-11-13-15-17-18-19-22-25-29-33-40-46-52-67(72)80-57-64(85-68(73)53-47-41-34-30-26-23-20-21-24-28-31-37-43-49-61(3)4)59-83-87(75,76)81-55-63(70)56-82-88(77,78)84-60-65(86-69(74)54-48-42-36-35-38-44-50-62(5)6)58-79-66(71)51-45-39-32-27-16-14-12-10-8-2/h61-65,70H,7-60H2,1-6H3,(H,75,76)(H,77,78)/t63-,64-,65-/m1/s1. The van der Waals surface area contributed by atoms with E-state index in [1.54, 1.807) is 0 Å². The van der Waals surface area contributed by atoms with Gasteiger partial charge in [-0.05, 0) is 37.5 Å². The number of phosphoric acid groups is 2. The van der Waals surface area contributed by atoms with E-state index in [9.17, 15) is 43.2 Å². The van der Waals surface area contributed by atoms with E-state index < -0.39 is 97.5 Å². The Labute approximate surface area is 537 Å². The first kappa shape index (κ1) is 86.1. The molecule has 19 heteroatoms. The van der Waals surface area contributed by atoms with Crippen LogP contribution < -0.4 is 0 Å². The van der Waals surface area contributed by atoms with Crippen LogP contribution >= 0.6 is 15.6 Å². The van der Waals surface area contributed by atoms with E-state index in [1.807, 2.05) is 0 Å². The summed E-state index contributed by atoms with van der Waals surface area (Å²) in [5.41, 5.74) is 0. The van der Waals surface area contributed by atoms with Crippen molar-refractivity contribution in [2.45, 2.75) is 368 Å². The van der Waals surface area contributed by atoms with Gasteiger partial charge in [0.05, 0.1) is 26.4 Å². The zero-order valence-electron chi connectivity index (χ0n) is 57.0. The molecule has 0 aliphatic carbocycles. The van der Waals surface area contributed by atoms with E-state index in [4.69, 9.17) is 37.0 Å². The Balaban J connectivity index is 5.22. The van der Waals surface area contributed by atoms with Crippen LogP contribution in [0.3, 0.4) is 0 Å². The van der Waals surface area contributed by atoms with Gasteiger partial charge in [-0.2, -0.15) is 0 Å². The first-order valence-corrected chi connectivity index (χ1v) is 39.0. The molecule has 0 fully saturated rings. The summed E-state index contributed by atoms with van der Waals surface area (Å²) in [7, 11) is -9.89. The predicted molar refractivity (Wildman–Crippen MR) is 354 cm³/mol. The largest absolute Gasteiger partial charge is 0.472 e. The topological polar surface area (TPSA) is 237 Å². The van der Waals surface area contributed by atoms with E-state index in [1.165, 1.54) is 167 Å². The summed E-state index contributed by atoms with van der Waals surface area (Å²) in [5.74, 6) is -0.674. The SMILES string of the molecule is CCCCCCCCCCCCCCCCC(=O)OC[C@H](COP(=O)(O)OC[C@@H](O)COP(=O)(O)OC[C@@H](COC(=O)CCCCCCCCCCC)OC(=O)CCCCCCCCC(C)C)OC(=O)CCCCCCCCCCCCCCCC(C)C. The number of aliphatic hydroxyl groups excluding tert-OH is 1. The first-order valence-electron chi connectivity index (χ1n) is 36.0. The highest BCUT2D eigenvalue weighted by atomic mass is 31.2. The van der Waals surface area contributed by atoms with Crippen molar-refractivity contribution in [1.29, 1.82) is 0 Å². The molecule has 3 N–H and O–H groups in total. The number of hydrogen-bond donors (Lipinski definition) is 3. The van der Waals surface area contributed by atoms with E-state index in [0.717, 1.165) is 95.8 Å². The van der Waals surface area contributed by atoms with Gasteiger partial charge in [-0.3, -0.25) is 37.3 Å². The molecule has 0 aromatic rings. The van der Waals surface area contributed by atoms with Crippen LogP contribution in [0.25, 0.3) is 0 Å². The molecular formula is C69H134O17P2. The number of carbonyl (C=O) groups is 4. The monoisotopic (exact) mass is 1300 g/mol. The zero-order valence-corrected chi connectivity index (χ0v) is 58.8. The maximum absolute atomic E-state index is 13.0. The molecule has 0 saturated carbocycles. The lowest BCUT2D eigenvalue weighted by atomic mass is 10.0. The van der Waals surface area contributed by atoms with Gasteiger partial charge in [0.1, 0.15) is 19.3 Å². The van der Waals surface area contributed by atoms with Crippen LogP contribution in [0.15, 0.2) is 0 Å². The molecule has 0 aromatic carbocycles. The van der Waals surface area contributed by atoms with E-state index in [-0.39, 0.29) is 25.7 Å². The summed E-state index contributed by atoms with van der Waals surface area (Å²) >= 11 is 0.